The third kappa shape index (κ3) is 4.38. The number of halogens is 1. The Morgan fingerprint density at radius 1 is 1.44 bits per heavy atom. The molecule has 1 atom stereocenters. The van der Waals surface area contributed by atoms with Gasteiger partial charge in [-0.05, 0) is 63.5 Å². The van der Waals surface area contributed by atoms with E-state index in [1.54, 1.807) is 0 Å². The average Bonchev–Trinajstić information content (AvgIpc) is 3.14. The summed E-state index contributed by atoms with van der Waals surface area (Å²) in [5.74, 6) is 0.980. The van der Waals surface area contributed by atoms with E-state index in [2.05, 4.69) is 57.5 Å². The maximum Gasteiger partial charge on any atom is 0.0330 e. The molecule has 1 aliphatic rings. The maximum atomic E-state index is 3.54. The molecule has 0 amide bonds. The molecule has 1 N–H and O–H groups in total. The van der Waals surface area contributed by atoms with Gasteiger partial charge < -0.3 is 10.2 Å². The van der Waals surface area contributed by atoms with E-state index in [1.807, 2.05) is 7.05 Å². The normalized spacial score (nSPS) is 17.1. The Morgan fingerprint density at radius 3 is 2.83 bits per heavy atom. The summed E-state index contributed by atoms with van der Waals surface area (Å²) in [5, 5.41) is 3.42. The zero-order chi connectivity index (χ0) is 13.0. The van der Waals surface area contributed by atoms with Crippen molar-refractivity contribution in [2.75, 3.05) is 27.2 Å². The predicted molar refractivity (Wildman–Crippen MR) is 80.8 cm³/mol. The number of hydrogen-bond donors (Lipinski definition) is 1. The minimum atomic E-state index is 0.448. The summed E-state index contributed by atoms with van der Waals surface area (Å²) in [4.78, 5) is 2.47. The Morgan fingerprint density at radius 2 is 2.22 bits per heavy atom. The summed E-state index contributed by atoms with van der Waals surface area (Å²) in [6, 6.07) is 9.05. The van der Waals surface area contributed by atoms with Crippen LogP contribution in [-0.2, 0) is 0 Å². The fourth-order valence-corrected chi connectivity index (χ4v) is 2.80. The Labute approximate surface area is 119 Å². The molecule has 2 nitrogen and oxygen atoms in total. The van der Waals surface area contributed by atoms with Crippen molar-refractivity contribution in [2.24, 2.45) is 5.92 Å². The van der Waals surface area contributed by atoms with E-state index in [0.29, 0.717) is 6.04 Å². The second-order valence-corrected chi connectivity index (χ2v) is 6.31. The number of nitrogens with one attached hydrogen (secondary N) is 1. The SMILES string of the molecule is CNC(CCN(C)CC1CC1)c1cccc(Br)c1. The number of rotatable bonds is 7. The molecule has 18 heavy (non-hydrogen) atoms. The predicted octanol–water partition coefficient (Wildman–Crippen LogP) is 3.44. The molecule has 2 rings (SSSR count). The molecule has 0 heterocycles. The number of benzene rings is 1. The number of hydrogen-bond acceptors (Lipinski definition) is 2. The molecule has 3 heteroatoms. The zero-order valence-electron chi connectivity index (χ0n) is 11.3. The minimum Gasteiger partial charge on any atom is -0.313 e. The first-order valence-electron chi connectivity index (χ1n) is 6.80. The summed E-state index contributed by atoms with van der Waals surface area (Å²) in [6.45, 7) is 2.43. The lowest BCUT2D eigenvalue weighted by atomic mass is 10.0. The molecule has 0 radical (unpaired) electrons. The lowest BCUT2D eigenvalue weighted by Crippen LogP contribution is -2.27. The quantitative estimate of drug-likeness (QED) is 0.830. The molecule has 0 saturated heterocycles. The van der Waals surface area contributed by atoms with E-state index < -0.39 is 0 Å². The molecule has 0 aromatic heterocycles. The third-order valence-electron chi connectivity index (χ3n) is 3.67. The Hall–Kier alpha value is -0.380. The smallest absolute Gasteiger partial charge is 0.0330 e. The molecule has 0 spiro atoms. The van der Waals surface area contributed by atoms with Gasteiger partial charge in [0.25, 0.3) is 0 Å². The van der Waals surface area contributed by atoms with Crippen LogP contribution in [0, 0.1) is 5.92 Å². The van der Waals surface area contributed by atoms with E-state index in [9.17, 15) is 0 Å². The van der Waals surface area contributed by atoms with Gasteiger partial charge in [-0.1, -0.05) is 28.1 Å². The van der Waals surface area contributed by atoms with Crippen LogP contribution in [0.5, 0.6) is 0 Å². The van der Waals surface area contributed by atoms with Crippen LogP contribution in [0.3, 0.4) is 0 Å². The minimum absolute atomic E-state index is 0.448. The lowest BCUT2D eigenvalue weighted by molar-refractivity contribution is 0.299. The summed E-state index contributed by atoms with van der Waals surface area (Å²) in [7, 11) is 4.29. The van der Waals surface area contributed by atoms with E-state index in [-0.39, 0.29) is 0 Å². The van der Waals surface area contributed by atoms with Gasteiger partial charge in [-0.2, -0.15) is 0 Å². The van der Waals surface area contributed by atoms with Crippen LogP contribution in [0.4, 0.5) is 0 Å². The van der Waals surface area contributed by atoms with Crippen LogP contribution in [-0.4, -0.2) is 32.1 Å². The highest BCUT2D eigenvalue weighted by Crippen LogP contribution is 2.29. The molecule has 1 aliphatic carbocycles. The van der Waals surface area contributed by atoms with E-state index in [4.69, 9.17) is 0 Å². The largest absolute Gasteiger partial charge is 0.313 e. The summed E-state index contributed by atoms with van der Waals surface area (Å²) in [6.07, 6.45) is 4.03. The van der Waals surface area contributed by atoms with Crippen molar-refractivity contribution in [1.82, 2.24) is 10.2 Å². The standard InChI is InChI=1S/C15H23BrN2/c1-17-15(13-4-3-5-14(16)10-13)8-9-18(2)11-12-6-7-12/h3-5,10,12,15,17H,6-9,11H2,1-2H3. The van der Waals surface area contributed by atoms with Gasteiger partial charge in [0.2, 0.25) is 0 Å². The molecule has 100 valence electrons. The molecule has 1 saturated carbocycles. The van der Waals surface area contributed by atoms with Crippen LogP contribution in [0.1, 0.15) is 30.9 Å². The van der Waals surface area contributed by atoms with Gasteiger partial charge in [-0.3, -0.25) is 0 Å². The monoisotopic (exact) mass is 310 g/mol. The van der Waals surface area contributed by atoms with Crippen LogP contribution < -0.4 is 5.32 Å². The summed E-state index contributed by atoms with van der Waals surface area (Å²) in [5.41, 5.74) is 1.37. The molecule has 1 aromatic carbocycles. The van der Waals surface area contributed by atoms with Gasteiger partial charge in [0.1, 0.15) is 0 Å². The Balaban J connectivity index is 1.84. The zero-order valence-corrected chi connectivity index (χ0v) is 12.9. The van der Waals surface area contributed by atoms with Gasteiger partial charge in [0, 0.05) is 17.1 Å². The maximum absolute atomic E-state index is 3.54. The molecule has 1 aromatic rings. The third-order valence-corrected chi connectivity index (χ3v) is 4.16. The Bertz CT molecular complexity index is 377. The van der Waals surface area contributed by atoms with Crippen LogP contribution in [0.2, 0.25) is 0 Å². The number of nitrogens with zero attached hydrogens (tertiary/aromatic N) is 1. The second kappa shape index (κ2) is 6.69. The fraction of sp³-hybridized carbons (Fsp3) is 0.600. The highest BCUT2D eigenvalue weighted by atomic mass is 79.9. The van der Waals surface area contributed by atoms with Crippen LogP contribution >= 0.6 is 15.9 Å². The lowest BCUT2D eigenvalue weighted by Gasteiger charge is -2.22. The first-order valence-corrected chi connectivity index (χ1v) is 7.59. The average molecular weight is 311 g/mol. The summed E-state index contributed by atoms with van der Waals surface area (Å²) < 4.78 is 1.16. The van der Waals surface area contributed by atoms with E-state index in [1.165, 1.54) is 24.9 Å². The van der Waals surface area contributed by atoms with Crippen molar-refractivity contribution in [3.8, 4) is 0 Å². The highest BCUT2D eigenvalue weighted by molar-refractivity contribution is 9.10. The first kappa shape index (κ1) is 14.0. The van der Waals surface area contributed by atoms with Gasteiger partial charge in [0.05, 0.1) is 0 Å². The van der Waals surface area contributed by atoms with Crippen molar-refractivity contribution in [3.63, 3.8) is 0 Å². The van der Waals surface area contributed by atoms with Crippen molar-refractivity contribution in [3.05, 3.63) is 34.3 Å². The van der Waals surface area contributed by atoms with Gasteiger partial charge >= 0.3 is 0 Å². The van der Waals surface area contributed by atoms with Crippen molar-refractivity contribution in [2.45, 2.75) is 25.3 Å². The first-order chi connectivity index (χ1) is 8.69. The van der Waals surface area contributed by atoms with Crippen molar-refractivity contribution < 1.29 is 0 Å². The van der Waals surface area contributed by atoms with Crippen LogP contribution in [0.15, 0.2) is 28.7 Å². The van der Waals surface area contributed by atoms with Gasteiger partial charge in [0.15, 0.2) is 0 Å². The molecular formula is C15H23BrN2. The fourth-order valence-electron chi connectivity index (χ4n) is 2.38. The molecule has 0 bridgehead atoms. The van der Waals surface area contributed by atoms with Gasteiger partial charge in [-0.25, -0.2) is 0 Å². The molecule has 1 fully saturated rings. The highest BCUT2D eigenvalue weighted by Gasteiger charge is 2.22. The van der Waals surface area contributed by atoms with E-state index in [0.717, 1.165) is 23.4 Å². The van der Waals surface area contributed by atoms with Gasteiger partial charge in [-0.15, -0.1) is 0 Å². The molecular weight excluding hydrogens is 288 g/mol. The second-order valence-electron chi connectivity index (χ2n) is 5.39. The van der Waals surface area contributed by atoms with Crippen molar-refractivity contribution >= 4 is 15.9 Å². The topological polar surface area (TPSA) is 15.3 Å². The van der Waals surface area contributed by atoms with E-state index >= 15 is 0 Å². The molecule has 0 aliphatic heterocycles. The van der Waals surface area contributed by atoms with Crippen molar-refractivity contribution in [1.29, 1.82) is 0 Å². The summed E-state index contributed by atoms with van der Waals surface area (Å²) >= 11 is 3.54. The van der Waals surface area contributed by atoms with Crippen LogP contribution in [0.25, 0.3) is 0 Å². The Kier molecular flexibility index (Phi) is 5.22. The molecule has 1 unspecified atom stereocenters.